The van der Waals surface area contributed by atoms with Crippen molar-refractivity contribution >= 4 is 118 Å². The lowest BCUT2D eigenvalue weighted by atomic mass is 9.33. The number of aromatic nitrogens is 2. The number of rotatable bonds is 12. The fourth-order valence-electron chi connectivity index (χ4n) is 17.6. The van der Waals surface area contributed by atoms with E-state index in [9.17, 15) is 11.0 Å². The number of para-hydroxylation sites is 5. The molecule has 0 N–H and O–H groups in total. The second-order valence-corrected chi connectivity index (χ2v) is 33.6. The summed E-state index contributed by atoms with van der Waals surface area (Å²) in [5, 5.41) is 2.19. The zero-order valence-corrected chi connectivity index (χ0v) is 65.4. The van der Waals surface area contributed by atoms with Crippen molar-refractivity contribution in [2.24, 2.45) is 0 Å². The molecule has 0 fully saturated rings. The van der Waals surface area contributed by atoms with Gasteiger partial charge in [-0.15, -0.1) is 0 Å². The summed E-state index contributed by atoms with van der Waals surface area (Å²) in [5.74, 6) is 0. The van der Waals surface area contributed by atoms with Gasteiger partial charge in [-0.1, -0.05) is 305 Å². The van der Waals surface area contributed by atoms with E-state index in [0.717, 1.165) is 156 Å². The monoisotopic (exact) mass is 1470 g/mol. The first kappa shape index (κ1) is 61.3. The maximum atomic E-state index is 9.98. The molecule has 4 heterocycles. The Morgan fingerprint density at radius 1 is 0.272 bits per heavy atom. The molecule has 0 spiro atoms. The van der Waals surface area contributed by atoms with Crippen LogP contribution in [0.1, 0.15) is 90.0 Å². The lowest BCUT2D eigenvalue weighted by Gasteiger charge is -2.45. The van der Waals surface area contributed by atoms with Crippen LogP contribution >= 0.6 is 0 Å². The predicted molar refractivity (Wildman–Crippen MR) is 487 cm³/mol. The summed E-state index contributed by atoms with van der Waals surface area (Å²) in [4.78, 5) is 7.35. The summed E-state index contributed by atoms with van der Waals surface area (Å²) in [7, 11) is 0. The average molecular weight is 1470 g/mol. The van der Waals surface area contributed by atoms with Crippen molar-refractivity contribution in [3.63, 3.8) is 0 Å². The van der Waals surface area contributed by atoms with Gasteiger partial charge in [-0.05, 0) is 221 Å². The standard InChI is InChI=1S/C108H88BN5/c1-106(2,3)79-59-77(60-80(65-79)107(4,5)6)78-63-102-104-103(64-78)114(105-91(73-38-20-12-21-39-73)66-81(108(7,8)9)67-92(105)74-40-22-13-23-41-74)101-70-86(111-96-49-31-28-46-88(96)89-47-29-32-50-97(89)111)53-56-95(101)109(104)94-55-52-85(69-100(94)113(102)87-61-75(71-34-16-10-17-35-71)58-76(62-87)72-36-18-11-19-37-72)112-98-51-33-30-48-90(98)93-68-84(54-57-99(93)112)110(82-42-24-14-25-43-82)83-44-26-15-27-45-83/h10-70H,1-9H3/i28D,29D,31D,32D,46D,47D,49D,50D. The van der Waals surface area contributed by atoms with Crippen LogP contribution in [0.5, 0.6) is 0 Å². The van der Waals surface area contributed by atoms with Crippen LogP contribution in [0.4, 0.5) is 51.2 Å². The Hall–Kier alpha value is -13.4. The molecule has 20 rings (SSSR count). The SMILES string of the molecule is [2H]c1c([2H])c([2H])c2c(c1[2H])c1c([2H])c([2H])c([2H])c([2H])c1n2-c1ccc2c(c1)N(c1c(-c3ccccc3)cc(C(C)(C)C)cc1-c1ccccc1)c1cc(-c3cc(C(C)(C)C)cc(C(C)(C)C)c3)cc3c1B2c1ccc(-n2c4ccccc4c4cc(N(c5ccccc5)c5ccccc5)ccc42)cc1N3c1cc(-c2ccccc2)cc(-c2ccccc2)c1. The first-order valence-electron chi connectivity index (χ1n) is 43.5. The summed E-state index contributed by atoms with van der Waals surface area (Å²) in [6.45, 7) is 20.0. The van der Waals surface area contributed by atoms with Gasteiger partial charge in [-0.3, -0.25) is 0 Å². The molecule has 5 nitrogen and oxygen atoms in total. The molecule has 0 bridgehead atoms. The normalized spacial score (nSPS) is 13.7. The molecule has 0 radical (unpaired) electrons. The minimum Gasteiger partial charge on any atom is -0.311 e. The first-order chi connectivity index (χ1) is 58.8. The van der Waals surface area contributed by atoms with Crippen LogP contribution in [-0.2, 0) is 16.2 Å². The predicted octanol–water partition coefficient (Wildman–Crippen LogP) is 27.7. The topological polar surface area (TPSA) is 19.6 Å². The second-order valence-electron chi connectivity index (χ2n) is 33.6. The summed E-state index contributed by atoms with van der Waals surface area (Å²) in [5.41, 5.74) is 27.6. The summed E-state index contributed by atoms with van der Waals surface area (Å²) < 4.78 is 80.6. The van der Waals surface area contributed by atoms with Crippen molar-refractivity contribution in [1.29, 1.82) is 0 Å². The van der Waals surface area contributed by atoms with E-state index in [1.165, 1.54) is 11.1 Å². The van der Waals surface area contributed by atoms with Crippen molar-refractivity contribution in [2.45, 2.75) is 78.6 Å². The highest BCUT2D eigenvalue weighted by Crippen LogP contribution is 2.55. The van der Waals surface area contributed by atoms with Crippen molar-refractivity contribution in [2.75, 3.05) is 14.7 Å². The molecule has 16 aromatic carbocycles. The molecular weight excluding hydrogens is 1380 g/mol. The van der Waals surface area contributed by atoms with Crippen LogP contribution in [0.2, 0.25) is 0 Å². The molecule has 2 aromatic heterocycles. The van der Waals surface area contributed by atoms with Crippen LogP contribution in [0.3, 0.4) is 0 Å². The molecule has 548 valence electrons. The van der Waals surface area contributed by atoms with Crippen molar-refractivity contribution in [3.8, 4) is 67.0 Å². The van der Waals surface area contributed by atoms with Gasteiger partial charge in [-0.25, -0.2) is 0 Å². The molecule has 2 aliphatic rings. The molecule has 0 saturated carbocycles. The third-order valence-corrected chi connectivity index (χ3v) is 23.3. The smallest absolute Gasteiger partial charge is 0.252 e. The lowest BCUT2D eigenvalue weighted by Crippen LogP contribution is -2.61. The van der Waals surface area contributed by atoms with Gasteiger partial charge < -0.3 is 23.8 Å². The van der Waals surface area contributed by atoms with E-state index < -0.39 is 43.0 Å². The van der Waals surface area contributed by atoms with Crippen molar-refractivity contribution in [3.05, 3.63) is 387 Å². The molecule has 0 unspecified atom stereocenters. The Kier molecular flexibility index (Phi) is 14.6. The molecular formula is C108H88BN5. The van der Waals surface area contributed by atoms with Gasteiger partial charge in [-0.2, -0.15) is 0 Å². The number of fused-ring (bicyclic) bond motifs is 10. The summed E-state index contributed by atoms with van der Waals surface area (Å²) in [6, 6.07) is 113. The Morgan fingerprint density at radius 3 is 1.18 bits per heavy atom. The quantitative estimate of drug-likeness (QED) is 0.114. The highest BCUT2D eigenvalue weighted by molar-refractivity contribution is 7.00. The van der Waals surface area contributed by atoms with Gasteiger partial charge in [0.15, 0.2) is 0 Å². The largest absolute Gasteiger partial charge is 0.311 e. The Morgan fingerprint density at radius 2 is 0.675 bits per heavy atom. The van der Waals surface area contributed by atoms with Gasteiger partial charge >= 0.3 is 0 Å². The van der Waals surface area contributed by atoms with E-state index in [4.69, 9.17) is 0 Å². The Balaban J connectivity index is 0.968. The van der Waals surface area contributed by atoms with Gasteiger partial charge in [0, 0.05) is 89.5 Å². The molecule has 6 heteroatoms. The highest BCUT2D eigenvalue weighted by atomic mass is 15.2. The molecule has 2 aliphatic heterocycles. The van der Waals surface area contributed by atoms with Gasteiger partial charge in [0.25, 0.3) is 6.71 Å². The maximum Gasteiger partial charge on any atom is 0.252 e. The molecule has 114 heavy (non-hydrogen) atoms. The Bertz CT molecular complexity index is 7030. The fourth-order valence-corrected chi connectivity index (χ4v) is 17.6. The van der Waals surface area contributed by atoms with Crippen LogP contribution in [0.15, 0.2) is 370 Å². The van der Waals surface area contributed by atoms with Crippen LogP contribution < -0.4 is 31.1 Å². The molecule has 0 amide bonds. The van der Waals surface area contributed by atoms with E-state index in [1.54, 1.807) is 4.57 Å². The molecule has 0 aliphatic carbocycles. The zero-order valence-electron chi connectivity index (χ0n) is 73.4. The lowest BCUT2D eigenvalue weighted by molar-refractivity contribution is 0.569. The summed E-state index contributed by atoms with van der Waals surface area (Å²) in [6.07, 6.45) is 0. The number of hydrogen-bond donors (Lipinski definition) is 0. The first-order valence-corrected chi connectivity index (χ1v) is 39.5. The summed E-state index contributed by atoms with van der Waals surface area (Å²) >= 11 is 0. The second kappa shape index (κ2) is 27.2. The third kappa shape index (κ3) is 11.9. The molecule has 0 atom stereocenters. The number of anilines is 9. The minimum atomic E-state index is -0.545. The zero-order chi connectivity index (χ0) is 84.3. The van der Waals surface area contributed by atoms with Crippen LogP contribution in [0.25, 0.3) is 111 Å². The molecule has 18 aromatic rings. The third-order valence-electron chi connectivity index (χ3n) is 23.3. The number of hydrogen-bond acceptors (Lipinski definition) is 3. The van der Waals surface area contributed by atoms with Crippen LogP contribution in [-0.4, -0.2) is 15.8 Å². The van der Waals surface area contributed by atoms with Gasteiger partial charge in [0.2, 0.25) is 0 Å². The van der Waals surface area contributed by atoms with E-state index in [-0.39, 0.29) is 50.1 Å². The number of nitrogens with zero attached hydrogens (tertiary/aromatic N) is 5. The maximum absolute atomic E-state index is 9.98. The van der Waals surface area contributed by atoms with E-state index >= 15 is 0 Å². The van der Waals surface area contributed by atoms with Gasteiger partial charge in [0.1, 0.15) is 0 Å². The Labute approximate surface area is 680 Å². The average Bonchev–Trinajstić information content (AvgIpc) is 1.24. The number of benzene rings is 16. The van der Waals surface area contributed by atoms with Gasteiger partial charge in [0.05, 0.1) is 38.7 Å². The minimum absolute atomic E-state index is 0.00343. The fraction of sp³-hybridized carbons (Fsp3) is 0.111. The highest BCUT2D eigenvalue weighted by Gasteiger charge is 2.46. The van der Waals surface area contributed by atoms with Crippen molar-refractivity contribution in [1.82, 2.24) is 9.13 Å². The van der Waals surface area contributed by atoms with E-state index in [0.29, 0.717) is 5.69 Å². The van der Waals surface area contributed by atoms with E-state index in [2.05, 4.69) is 397 Å². The van der Waals surface area contributed by atoms with E-state index in [1.807, 2.05) is 6.07 Å². The van der Waals surface area contributed by atoms with Crippen LogP contribution in [0, 0.1) is 0 Å². The molecule has 0 saturated heterocycles. The van der Waals surface area contributed by atoms with Crippen molar-refractivity contribution < 1.29 is 11.0 Å².